The number of fused-ring (bicyclic) bond motifs is 1. The Morgan fingerprint density at radius 2 is 2.00 bits per heavy atom. The number of rotatable bonds is 2. The highest BCUT2D eigenvalue weighted by atomic mass is 16.5. The second kappa shape index (κ2) is 4.61. The predicted molar refractivity (Wildman–Crippen MR) is 78.1 cm³/mol. The fourth-order valence-electron chi connectivity index (χ4n) is 3.12. The van der Waals surface area contributed by atoms with Crippen LogP contribution in [0.3, 0.4) is 0 Å². The third-order valence-electron chi connectivity index (χ3n) is 4.27. The van der Waals surface area contributed by atoms with Crippen molar-refractivity contribution in [2.45, 2.75) is 45.1 Å². The first-order valence-electron chi connectivity index (χ1n) is 7.46. The molecule has 7 nitrogen and oxygen atoms in total. The molecule has 0 radical (unpaired) electrons. The summed E-state index contributed by atoms with van der Waals surface area (Å²) in [5, 5.41) is 18.9. The van der Waals surface area contributed by atoms with Crippen LogP contribution in [0.15, 0.2) is 16.8 Å². The van der Waals surface area contributed by atoms with Gasteiger partial charge in [-0.05, 0) is 45.6 Å². The van der Waals surface area contributed by atoms with Crippen LogP contribution >= 0.6 is 0 Å². The minimum absolute atomic E-state index is 0.295. The van der Waals surface area contributed by atoms with E-state index in [-0.39, 0.29) is 0 Å². The Hall–Kier alpha value is -2.28. The highest BCUT2D eigenvalue weighted by molar-refractivity contribution is 5.72. The molecule has 0 atom stereocenters. The van der Waals surface area contributed by atoms with Crippen molar-refractivity contribution in [3.63, 3.8) is 0 Å². The van der Waals surface area contributed by atoms with Crippen LogP contribution in [-0.2, 0) is 5.60 Å². The lowest BCUT2D eigenvalue weighted by Gasteiger charge is -2.15. The maximum Gasteiger partial charge on any atom is 0.258 e. The van der Waals surface area contributed by atoms with Crippen LogP contribution in [0.1, 0.15) is 43.0 Å². The third-order valence-corrected chi connectivity index (χ3v) is 4.27. The van der Waals surface area contributed by atoms with E-state index in [1.165, 1.54) is 0 Å². The van der Waals surface area contributed by atoms with E-state index in [4.69, 9.17) is 4.52 Å². The Morgan fingerprint density at radius 1 is 1.23 bits per heavy atom. The topological polar surface area (TPSA) is 89.3 Å². The molecule has 3 aromatic heterocycles. The molecular formula is C15H17N5O2. The molecule has 22 heavy (non-hydrogen) atoms. The molecule has 7 heteroatoms. The van der Waals surface area contributed by atoms with Gasteiger partial charge in [-0.1, -0.05) is 5.16 Å². The van der Waals surface area contributed by atoms with E-state index in [1.807, 2.05) is 19.9 Å². The first kappa shape index (κ1) is 13.4. The number of aliphatic hydroxyl groups is 1. The van der Waals surface area contributed by atoms with Crippen LogP contribution in [0.25, 0.3) is 17.0 Å². The highest BCUT2D eigenvalue weighted by Crippen LogP contribution is 2.38. The summed E-state index contributed by atoms with van der Waals surface area (Å²) in [6.07, 6.45) is 4.97. The van der Waals surface area contributed by atoms with Crippen LogP contribution < -0.4 is 0 Å². The van der Waals surface area contributed by atoms with Crippen molar-refractivity contribution in [2.24, 2.45) is 0 Å². The predicted octanol–water partition coefficient (Wildman–Crippen LogP) is 2.16. The van der Waals surface area contributed by atoms with Gasteiger partial charge in [-0.3, -0.25) is 0 Å². The van der Waals surface area contributed by atoms with Gasteiger partial charge >= 0.3 is 0 Å². The Kier molecular flexibility index (Phi) is 2.80. The smallest absolute Gasteiger partial charge is 0.258 e. The van der Waals surface area contributed by atoms with Crippen molar-refractivity contribution in [3.8, 4) is 11.4 Å². The van der Waals surface area contributed by atoms with Crippen molar-refractivity contribution in [2.75, 3.05) is 0 Å². The minimum atomic E-state index is -0.979. The van der Waals surface area contributed by atoms with E-state index >= 15 is 0 Å². The maximum atomic E-state index is 10.5. The molecule has 1 aliphatic carbocycles. The quantitative estimate of drug-likeness (QED) is 0.780. The van der Waals surface area contributed by atoms with E-state index in [0.29, 0.717) is 35.8 Å². The van der Waals surface area contributed by atoms with Crippen LogP contribution in [0, 0.1) is 13.8 Å². The van der Waals surface area contributed by atoms with Gasteiger partial charge in [0.1, 0.15) is 5.60 Å². The van der Waals surface area contributed by atoms with Crippen molar-refractivity contribution in [1.82, 2.24) is 24.7 Å². The normalized spacial score (nSPS) is 17.4. The first-order valence-corrected chi connectivity index (χ1v) is 7.46. The number of aryl methyl sites for hydroxylation is 2. The lowest BCUT2D eigenvalue weighted by molar-refractivity contribution is 0.0112. The molecule has 1 fully saturated rings. The molecule has 1 aliphatic rings. The average molecular weight is 299 g/mol. The zero-order valence-corrected chi connectivity index (χ0v) is 12.6. The van der Waals surface area contributed by atoms with Crippen molar-refractivity contribution < 1.29 is 9.63 Å². The lowest BCUT2D eigenvalue weighted by atomic mass is 10.0. The molecular weight excluding hydrogens is 282 g/mol. The van der Waals surface area contributed by atoms with Gasteiger partial charge in [0, 0.05) is 11.4 Å². The molecule has 3 heterocycles. The summed E-state index contributed by atoms with van der Waals surface area (Å²) in [6, 6.07) is 1.96. The molecule has 0 amide bonds. The molecule has 0 saturated heterocycles. The van der Waals surface area contributed by atoms with Gasteiger partial charge in [0.05, 0.1) is 11.8 Å². The number of hydrogen-bond donors (Lipinski definition) is 1. The van der Waals surface area contributed by atoms with E-state index in [1.54, 1.807) is 10.7 Å². The molecule has 0 spiro atoms. The third kappa shape index (κ3) is 1.93. The van der Waals surface area contributed by atoms with Crippen LogP contribution in [0.4, 0.5) is 0 Å². The number of aromatic nitrogens is 5. The second-order valence-corrected chi connectivity index (χ2v) is 5.99. The molecule has 3 aromatic rings. The molecule has 114 valence electrons. The van der Waals surface area contributed by atoms with Crippen LogP contribution in [0.2, 0.25) is 0 Å². The summed E-state index contributed by atoms with van der Waals surface area (Å²) in [4.78, 5) is 8.91. The summed E-state index contributed by atoms with van der Waals surface area (Å²) in [5.41, 5.74) is 2.33. The number of hydrogen-bond acceptors (Lipinski definition) is 6. The molecule has 0 aromatic carbocycles. The molecule has 0 unspecified atom stereocenters. The SMILES string of the molecule is Cc1cc(C)n2ncc(-c3noc(C4(O)CCCC4)n3)c2n1. The molecule has 4 rings (SSSR count). The lowest BCUT2D eigenvalue weighted by Crippen LogP contribution is -2.21. The largest absolute Gasteiger partial charge is 0.380 e. The van der Waals surface area contributed by atoms with E-state index in [0.717, 1.165) is 24.2 Å². The molecule has 1 saturated carbocycles. The van der Waals surface area contributed by atoms with Gasteiger partial charge in [0.15, 0.2) is 5.65 Å². The molecule has 1 N–H and O–H groups in total. The fourth-order valence-corrected chi connectivity index (χ4v) is 3.12. The zero-order chi connectivity index (χ0) is 15.3. The van der Waals surface area contributed by atoms with Gasteiger partial charge < -0.3 is 9.63 Å². The van der Waals surface area contributed by atoms with E-state index in [2.05, 4.69) is 20.2 Å². The van der Waals surface area contributed by atoms with Gasteiger partial charge in [-0.2, -0.15) is 10.1 Å². The van der Waals surface area contributed by atoms with Crippen molar-refractivity contribution in [1.29, 1.82) is 0 Å². The first-order chi connectivity index (χ1) is 10.6. The Balaban J connectivity index is 1.81. The van der Waals surface area contributed by atoms with Crippen LogP contribution in [0.5, 0.6) is 0 Å². The summed E-state index contributed by atoms with van der Waals surface area (Å²) < 4.78 is 7.06. The molecule has 0 aliphatic heterocycles. The Bertz CT molecular complexity index is 845. The van der Waals surface area contributed by atoms with Crippen LogP contribution in [-0.4, -0.2) is 29.8 Å². The van der Waals surface area contributed by atoms with E-state index in [9.17, 15) is 5.11 Å². The Labute approximate surface area is 127 Å². The summed E-state index contributed by atoms with van der Waals surface area (Å²) >= 11 is 0. The fraction of sp³-hybridized carbons (Fsp3) is 0.467. The molecule has 0 bridgehead atoms. The minimum Gasteiger partial charge on any atom is -0.380 e. The van der Waals surface area contributed by atoms with Gasteiger partial charge in [0.2, 0.25) is 5.82 Å². The summed E-state index contributed by atoms with van der Waals surface area (Å²) in [7, 11) is 0. The van der Waals surface area contributed by atoms with Crippen molar-refractivity contribution >= 4 is 5.65 Å². The van der Waals surface area contributed by atoms with Gasteiger partial charge in [-0.25, -0.2) is 9.50 Å². The number of nitrogens with zero attached hydrogens (tertiary/aromatic N) is 5. The van der Waals surface area contributed by atoms with E-state index < -0.39 is 5.60 Å². The van der Waals surface area contributed by atoms with Gasteiger partial charge in [-0.15, -0.1) is 0 Å². The summed E-state index contributed by atoms with van der Waals surface area (Å²) in [5.74, 6) is 0.714. The highest BCUT2D eigenvalue weighted by Gasteiger charge is 2.38. The van der Waals surface area contributed by atoms with Crippen molar-refractivity contribution in [3.05, 3.63) is 29.5 Å². The zero-order valence-electron chi connectivity index (χ0n) is 12.6. The standard InChI is InChI=1S/C15H17N5O2/c1-9-7-10(2)20-13(17-9)11(8-16-20)12-18-14(22-19-12)15(21)5-3-4-6-15/h7-8,21H,3-6H2,1-2H3. The second-order valence-electron chi connectivity index (χ2n) is 5.99. The Morgan fingerprint density at radius 3 is 2.77 bits per heavy atom. The summed E-state index contributed by atoms with van der Waals surface area (Å²) in [6.45, 7) is 3.91. The maximum absolute atomic E-state index is 10.5. The van der Waals surface area contributed by atoms with Gasteiger partial charge in [0.25, 0.3) is 5.89 Å². The monoisotopic (exact) mass is 299 g/mol. The average Bonchev–Trinajstić information content (AvgIpc) is 3.16.